The van der Waals surface area contributed by atoms with Gasteiger partial charge in [-0.05, 0) is 19.4 Å². The summed E-state index contributed by atoms with van der Waals surface area (Å²) in [6, 6.07) is 0. The third-order valence-corrected chi connectivity index (χ3v) is 2.82. The van der Waals surface area contributed by atoms with E-state index < -0.39 is 0 Å². The van der Waals surface area contributed by atoms with E-state index in [0.29, 0.717) is 17.5 Å². The Hall–Kier alpha value is -1.36. The standard InChI is InChI=1S/C11H17N3O2/c1-15-9-7-13-10(14-11(9)16-2)8-4-3-5-12-6-8/h7-8,12H,3-6H2,1-2H3. The number of nitrogens with zero attached hydrogens (tertiary/aromatic N) is 2. The monoisotopic (exact) mass is 223 g/mol. The molecule has 1 atom stereocenters. The van der Waals surface area contributed by atoms with Crippen LogP contribution in [0.3, 0.4) is 0 Å². The highest BCUT2D eigenvalue weighted by Crippen LogP contribution is 2.27. The van der Waals surface area contributed by atoms with E-state index in [4.69, 9.17) is 9.47 Å². The maximum Gasteiger partial charge on any atom is 0.260 e. The Labute approximate surface area is 95.2 Å². The fourth-order valence-corrected chi connectivity index (χ4v) is 1.92. The molecule has 0 saturated carbocycles. The van der Waals surface area contributed by atoms with Crippen molar-refractivity contribution in [1.29, 1.82) is 0 Å². The van der Waals surface area contributed by atoms with Gasteiger partial charge in [-0.25, -0.2) is 4.98 Å². The third-order valence-electron chi connectivity index (χ3n) is 2.82. The van der Waals surface area contributed by atoms with Crippen LogP contribution >= 0.6 is 0 Å². The lowest BCUT2D eigenvalue weighted by atomic mass is 9.99. The number of aromatic nitrogens is 2. The predicted octanol–water partition coefficient (Wildman–Crippen LogP) is 0.961. The lowest BCUT2D eigenvalue weighted by Gasteiger charge is -2.21. The Morgan fingerprint density at radius 3 is 2.88 bits per heavy atom. The number of piperidine rings is 1. The average Bonchev–Trinajstić information content (AvgIpc) is 2.39. The van der Waals surface area contributed by atoms with Gasteiger partial charge in [-0.15, -0.1) is 0 Å². The Kier molecular flexibility index (Phi) is 3.56. The molecule has 0 radical (unpaired) electrons. The largest absolute Gasteiger partial charge is 0.490 e. The Morgan fingerprint density at radius 1 is 1.38 bits per heavy atom. The van der Waals surface area contributed by atoms with Gasteiger partial charge in [0, 0.05) is 12.5 Å². The molecular formula is C11H17N3O2. The molecule has 0 spiro atoms. The van der Waals surface area contributed by atoms with Gasteiger partial charge < -0.3 is 14.8 Å². The highest BCUT2D eigenvalue weighted by molar-refractivity contribution is 5.31. The van der Waals surface area contributed by atoms with Crippen LogP contribution in [0.1, 0.15) is 24.6 Å². The zero-order valence-corrected chi connectivity index (χ0v) is 9.69. The number of rotatable bonds is 3. The molecule has 5 heteroatoms. The molecule has 0 amide bonds. The molecule has 88 valence electrons. The molecule has 5 nitrogen and oxygen atoms in total. The van der Waals surface area contributed by atoms with Crippen LogP contribution in [0.25, 0.3) is 0 Å². The molecule has 1 aliphatic heterocycles. The van der Waals surface area contributed by atoms with Crippen molar-refractivity contribution in [3.05, 3.63) is 12.0 Å². The summed E-state index contributed by atoms with van der Waals surface area (Å²) in [6.07, 6.45) is 3.97. The summed E-state index contributed by atoms with van der Waals surface area (Å²) < 4.78 is 10.3. The zero-order chi connectivity index (χ0) is 11.4. The van der Waals surface area contributed by atoms with Gasteiger partial charge in [0.15, 0.2) is 5.75 Å². The molecule has 1 N–H and O–H groups in total. The van der Waals surface area contributed by atoms with Crippen LogP contribution in [0.5, 0.6) is 11.6 Å². The molecular weight excluding hydrogens is 206 g/mol. The Morgan fingerprint density at radius 2 is 2.25 bits per heavy atom. The second kappa shape index (κ2) is 5.12. The summed E-state index contributed by atoms with van der Waals surface area (Å²) in [5, 5.41) is 3.35. The molecule has 16 heavy (non-hydrogen) atoms. The van der Waals surface area contributed by atoms with Crippen molar-refractivity contribution in [2.24, 2.45) is 0 Å². The molecule has 0 bridgehead atoms. The van der Waals surface area contributed by atoms with Crippen molar-refractivity contribution in [2.45, 2.75) is 18.8 Å². The molecule has 2 heterocycles. The first-order valence-corrected chi connectivity index (χ1v) is 5.50. The van der Waals surface area contributed by atoms with Gasteiger partial charge >= 0.3 is 0 Å². The molecule has 1 unspecified atom stereocenters. The van der Waals surface area contributed by atoms with E-state index in [2.05, 4.69) is 15.3 Å². The second-order valence-corrected chi connectivity index (χ2v) is 3.85. The van der Waals surface area contributed by atoms with Crippen molar-refractivity contribution in [1.82, 2.24) is 15.3 Å². The van der Waals surface area contributed by atoms with Gasteiger partial charge in [-0.2, -0.15) is 4.98 Å². The molecule has 0 aromatic carbocycles. The number of nitrogens with one attached hydrogen (secondary N) is 1. The van der Waals surface area contributed by atoms with Gasteiger partial charge in [-0.3, -0.25) is 0 Å². The summed E-state index contributed by atoms with van der Waals surface area (Å²) in [7, 11) is 3.18. The Balaban J connectivity index is 2.20. The van der Waals surface area contributed by atoms with E-state index >= 15 is 0 Å². The number of methoxy groups -OCH3 is 2. The zero-order valence-electron chi connectivity index (χ0n) is 9.69. The minimum Gasteiger partial charge on any atom is -0.490 e. The van der Waals surface area contributed by atoms with Gasteiger partial charge in [0.1, 0.15) is 5.82 Å². The molecule has 0 aliphatic carbocycles. The van der Waals surface area contributed by atoms with Gasteiger partial charge in [0.2, 0.25) is 0 Å². The van der Waals surface area contributed by atoms with Crippen molar-refractivity contribution < 1.29 is 9.47 Å². The van der Waals surface area contributed by atoms with Crippen LogP contribution in [-0.2, 0) is 0 Å². The lowest BCUT2D eigenvalue weighted by Crippen LogP contribution is -2.29. The van der Waals surface area contributed by atoms with E-state index in [1.165, 1.54) is 6.42 Å². The summed E-state index contributed by atoms with van der Waals surface area (Å²) in [6.45, 7) is 2.03. The van der Waals surface area contributed by atoms with Crippen molar-refractivity contribution in [3.8, 4) is 11.6 Å². The van der Waals surface area contributed by atoms with Gasteiger partial charge in [-0.1, -0.05) is 0 Å². The highest BCUT2D eigenvalue weighted by Gasteiger charge is 2.19. The SMILES string of the molecule is COc1cnc(C2CCCNC2)nc1OC. The molecule has 1 saturated heterocycles. The fraction of sp³-hybridized carbons (Fsp3) is 0.636. The summed E-state index contributed by atoms with van der Waals surface area (Å²) in [5.41, 5.74) is 0. The van der Waals surface area contributed by atoms with E-state index in [-0.39, 0.29) is 0 Å². The normalized spacial score (nSPS) is 20.5. The molecule has 1 aliphatic rings. The van der Waals surface area contributed by atoms with Crippen LogP contribution in [0.2, 0.25) is 0 Å². The molecule has 1 aromatic heterocycles. The van der Waals surface area contributed by atoms with Crippen molar-refractivity contribution in [3.63, 3.8) is 0 Å². The van der Waals surface area contributed by atoms with Crippen LogP contribution in [0.15, 0.2) is 6.20 Å². The number of hydrogen-bond acceptors (Lipinski definition) is 5. The Bertz CT molecular complexity index is 351. The molecule has 1 aromatic rings. The van der Waals surface area contributed by atoms with Gasteiger partial charge in [0.05, 0.1) is 20.4 Å². The smallest absolute Gasteiger partial charge is 0.260 e. The lowest BCUT2D eigenvalue weighted by molar-refractivity contribution is 0.335. The van der Waals surface area contributed by atoms with E-state index in [0.717, 1.165) is 25.3 Å². The van der Waals surface area contributed by atoms with Gasteiger partial charge in [0.25, 0.3) is 5.88 Å². The van der Waals surface area contributed by atoms with Crippen LogP contribution in [0, 0.1) is 0 Å². The number of ether oxygens (including phenoxy) is 2. The van der Waals surface area contributed by atoms with Crippen LogP contribution in [0.4, 0.5) is 0 Å². The summed E-state index contributed by atoms with van der Waals surface area (Å²) in [4.78, 5) is 8.71. The van der Waals surface area contributed by atoms with Crippen molar-refractivity contribution in [2.75, 3.05) is 27.3 Å². The molecule has 1 fully saturated rings. The topological polar surface area (TPSA) is 56.3 Å². The first kappa shape index (κ1) is 11.1. The number of hydrogen-bond donors (Lipinski definition) is 1. The van der Waals surface area contributed by atoms with Crippen molar-refractivity contribution >= 4 is 0 Å². The third kappa shape index (κ3) is 2.24. The highest BCUT2D eigenvalue weighted by atomic mass is 16.5. The van der Waals surface area contributed by atoms with E-state index in [1.807, 2.05) is 0 Å². The van der Waals surface area contributed by atoms with Crippen LogP contribution in [-0.4, -0.2) is 37.3 Å². The molecule has 2 rings (SSSR count). The van der Waals surface area contributed by atoms with E-state index in [9.17, 15) is 0 Å². The second-order valence-electron chi connectivity index (χ2n) is 3.85. The quantitative estimate of drug-likeness (QED) is 0.827. The summed E-state index contributed by atoms with van der Waals surface area (Å²) in [5.74, 6) is 2.31. The van der Waals surface area contributed by atoms with E-state index in [1.54, 1.807) is 20.4 Å². The average molecular weight is 223 g/mol. The first-order valence-electron chi connectivity index (χ1n) is 5.50. The minimum atomic E-state index is 0.383. The summed E-state index contributed by atoms with van der Waals surface area (Å²) >= 11 is 0. The minimum absolute atomic E-state index is 0.383. The van der Waals surface area contributed by atoms with Crippen LogP contribution < -0.4 is 14.8 Å². The first-order chi connectivity index (χ1) is 7.85. The predicted molar refractivity (Wildman–Crippen MR) is 60.0 cm³/mol. The maximum atomic E-state index is 5.17. The fourth-order valence-electron chi connectivity index (χ4n) is 1.92. The maximum absolute atomic E-state index is 5.17.